The van der Waals surface area contributed by atoms with Crippen molar-refractivity contribution in [1.29, 1.82) is 0 Å². The number of thiazole rings is 1. The van der Waals surface area contributed by atoms with Crippen LogP contribution < -0.4 is 14.5 Å². The number of nitrogens with one attached hydrogen (secondary N) is 1. The number of H-pyrrole nitrogens is 1. The van der Waals surface area contributed by atoms with Crippen molar-refractivity contribution < 1.29 is 14.3 Å². The van der Waals surface area contributed by atoms with Gasteiger partial charge in [-0.3, -0.25) is 14.4 Å². The van der Waals surface area contributed by atoms with Crippen LogP contribution in [0.5, 0.6) is 5.75 Å². The van der Waals surface area contributed by atoms with Crippen LogP contribution >= 0.6 is 55.0 Å². The predicted octanol–water partition coefficient (Wildman–Crippen LogP) is 6.64. The third-order valence-electron chi connectivity index (χ3n) is 6.73. The number of fused-ring (bicyclic) bond motifs is 2. The second-order valence-corrected chi connectivity index (χ2v) is 13.2. The number of anilines is 1. The van der Waals surface area contributed by atoms with Crippen LogP contribution in [0.4, 0.5) is 5.69 Å². The van der Waals surface area contributed by atoms with Gasteiger partial charge >= 0.3 is 4.87 Å². The minimum atomic E-state index is -0.689. The average Bonchev–Trinajstić information content (AvgIpc) is 3.39. The van der Waals surface area contributed by atoms with Gasteiger partial charge in [0.15, 0.2) is 0 Å². The van der Waals surface area contributed by atoms with Crippen LogP contribution in [0, 0.1) is 12.8 Å². The summed E-state index contributed by atoms with van der Waals surface area (Å²) in [6.07, 6.45) is 0. The molecule has 3 atom stereocenters. The number of benzene rings is 3. The smallest absolute Gasteiger partial charge is 0.305 e. The number of nitrogens with zero attached hydrogens (tertiary/aromatic N) is 1. The number of imide groups is 1. The second kappa shape index (κ2) is 10.1. The van der Waals surface area contributed by atoms with Crippen molar-refractivity contribution in [2.75, 3.05) is 4.90 Å². The summed E-state index contributed by atoms with van der Waals surface area (Å²) in [5.41, 5.74) is 3.47. The van der Waals surface area contributed by atoms with Gasteiger partial charge in [0, 0.05) is 25.3 Å². The Morgan fingerprint density at radius 1 is 0.921 bits per heavy atom. The number of hydrogen-bond donors (Lipinski definition) is 1. The highest BCUT2D eigenvalue weighted by molar-refractivity contribution is 9.10. The van der Waals surface area contributed by atoms with E-state index in [9.17, 15) is 14.4 Å². The fraction of sp³-hybridized carbons (Fsp3) is 0.179. The van der Waals surface area contributed by atoms with Gasteiger partial charge in [0.1, 0.15) is 17.6 Å². The molecule has 2 aliphatic heterocycles. The Morgan fingerprint density at radius 2 is 1.63 bits per heavy atom. The summed E-state index contributed by atoms with van der Waals surface area (Å²) >= 11 is 9.33. The van der Waals surface area contributed by atoms with E-state index in [-0.39, 0.29) is 16.7 Å². The van der Waals surface area contributed by atoms with Gasteiger partial charge in [0.05, 0.1) is 16.6 Å². The third-order valence-corrected chi connectivity index (χ3v) is 10.2. The van der Waals surface area contributed by atoms with Crippen molar-refractivity contribution in [3.63, 3.8) is 0 Å². The molecule has 3 heterocycles. The Morgan fingerprint density at radius 3 is 2.37 bits per heavy atom. The highest BCUT2D eigenvalue weighted by Crippen LogP contribution is 2.54. The molecular weight excluding hydrogens is 652 g/mol. The lowest BCUT2D eigenvalue weighted by Crippen LogP contribution is -2.32. The molecule has 1 fully saturated rings. The lowest BCUT2D eigenvalue weighted by atomic mass is 9.82. The quantitative estimate of drug-likeness (QED) is 0.241. The van der Waals surface area contributed by atoms with Crippen molar-refractivity contribution in [2.45, 2.75) is 29.7 Å². The Labute approximate surface area is 243 Å². The van der Waals surface area contributed by atoms with Gasteiger partial charge in [-0.2, -0.15) is 0 Å². The maximum absolute atomic E-state index is 14.0. The molecule has 0 aliphatic carbocycles. The fourth-order valence-corrected chi connectivity index (χ4v) is 8.09. The van der Waals surface area contributed by atoms with Crippen molar-refractivity contribution in [3.8, 4) is 5.75 Å². The summed E-state index contributed by atoms with van der Waals surface area (Å²) in [5, 5.41) is -0.0349. The van der Waals surface area contributed by atoms with E-state index >= 15 is 0 Å². The molecule has 0 unspecified atom stereocenters. The summed E-state index contributed by atoms with van der Waals surface area (Å²) < 4.78 is 7.97. The minimum absolute atomic E-state index is 0.214. The van der Waals surface area contributed by atoms with E-state index in [0.717, 1.165) is 36.3 Å². The normalized spacial score (nSPS) is 20.4. The lowest BCUT2D eigenvalue weighted by Gasteiger charge is -2.31. The second-order valence-electron chi connectivity index (χ2n) is 9.19. The SMILES string of the molecule is Cc1ccc(COc2ccc(Br)cc2[C@@H]2c3sc(=O)[nH]c3S[C@H]3C(=O)N(c4ccc(Br)cc4)C(=O)[C@@H]23)cc1. The topological polar surface area (TPSA) is 79.5 Å². The van der Waals surface area contributed by atoms with Crippen molar-refractivity contribution in [1.82, 2.24) is 4.98 Å². The monoisotopic (exact) mass is 670 g/mol. The molecule has 192 valence electrons. The maximum atomic E-state index is 14.0. The Hall–Kier alpha value is -2.66. The number of rotatable bonds is 5. The van der Waals surface area contributed by atoms with Gasteiger partial charge in [0.2, 0.25) is 11.8 Å². The van der Waals surface area contributed by atoms with Crippen LogP contribution in [0.2, 0.25) is 0 Å². The summed E-state index contributed by atoms with van der Waals surface area (Å²) in [7, 11) is 0. The van der Waals surface area contributed by atoms with Gasteiger partial charge < -0.3 is 9.72 Å². The molecule has 6 nitrogen and oxygen atoms in total. The zero-order valence-corrected chi connectivity index (χ0v) is 24.7. The number of hydrogen-bond acceptors (Lipinski definition) is 6. The first-order valence-electron chi connectivity index (χ1n) is 11.8. The molecule has 38 heavy (non-hydrogen) atoms. The number of carbonyl (C=O) groups is 2. The number of halogens is 2. The van der Waals surface area contributed by atoms with Crippen molar-refractivity contribution in [2.24, 2.45) is 5.92 Å². The highest BCUT2D eigenvalue weighted by Gasteiger charge is 2.56. The number of aromatic amines is 1. The highest BCUT2D eigenvalue weighted by atomic mass is 79.9. The van der Waals surface area contributed by atoms with Crippen LogP contribution in [0.3, 0.4) is 0 Å². The van der Waals surface area contributed by atoms with E-state index in [1.54, 1.807) is 12.1 Å². The number of ether oxygens (including phenoxy) is 1. The average molecular weight is 672 g/mol. The molecule has 1 aromatic heterocycles. The van der Waals surface area contributed by atoms with E-state index in [2.05, 4.69) is 36.8 Å². The number of aromatic nitrogens is 1. The van der Waals surface area contributed by atoms with Crippen molar-refractivity contribution in [3.05, 3.63) is 107 Å². The van der Waals surface area contributed by atoms with Gasteiger partial charge in [0.25, 0.3) is 0 Å². The predicted molar refractivity (Wildman–Crippen MR) is 156 cm³/mol. The van der Waals surface area contributed by atoms with E-state index in [4.69, 9.17) is 4.74 Å². The van der Waals surface area contributed by atoms with Crippen LogP contribution in [-0.2, 0) is 16.2 Å². The summed E-state index contributed by atoms with van der Waals surface area (Å²) in [5.74, 6) is -1.17. The minimum Gasteiger partial charge on any atom is -0.489 e. The van der Waals surface area contributed by atoms with Gasteiger partial charge in [-0.1, -0.05) is 84.8 Å². The zero-order valence-electron chi connectivity index (χ0n) is 19.9. The number of amides is 2. The first-order chi connectivity index (χ1) is 18.3. The zero-order chi connectivity index (χ0) is 26.6. The number of carbonyl (C=O) groups excluding carboxylic acids is 2. The first kappa shape index (κ1) is 25.6. The molecule has 1 N–H and O–H groups in total. The third kappa shape index (κ3) is 4.57. The maximum Gasteiger partial charge on any atom is 0.305 e. The molecule has 6 rings (SSSR count). The summed E-state index contributed by atoms with van der Waals surface area (Å²) in [6, 6.07) is 20.9. The molecule has 10 heteroatoms. The lowest BCUT2D eigenvalue weighted by molar-refractivity contribution is -0.122. The first-order valence-corrected chi connectivity index (χ1v) is 15.1. The Bertz CT molecular complexity index is 1620. The van der Waals surface area contributed by atoms with Crippen LogP contribution in [-0.4, -0.2) is 22.0 Å². The van der Waals surface area contributed by atoms with Crippen LogP contribution in [0.25, 0.3) is 0 Å². The summed E-state index contributed by atoms with van der Waals surface area (Å²) in [4.78, 5) is 44.8. The van der Waals surface area contributed by atoms with E-state index in [1.165, 1.54) is 22.2 Å². The fourth-order valence-electron chi connectivity index (χ4n) is 4.94. The molecule has 0 spiro atoms. The number of aryl methyl sites for hydroxylation is 1. The molecule has 3 aromatic carbocycles. The van der Waals surface area contributed by atoms with Crippen LogP contribution in [0.15, 0.2) is 85.5 Å². The van der Waals surface area contributed by atoms with Crippen molar-refractivity contribution >= 4 is 72.5 Å². The largest absolute Gasteiger partial charge is 0.489 e. The van der Waals surface area contributed by atoms with Crippen LogP contribution in [0.1, 0.15) is 27.5 Å². The molecule has 0 radical (unpaired) electrons. The number of thioether (sulfide) groups is 1. The standard InChI is InChI=1S/C28H20Br2N2O4S2/c1-14-2-4-15(5-3-14)13-36-20-11-8-17(30)12-19(20)21-22-24(37-25-23(21)38-28(35)31-25)27(34)32(26(22)33)18-9-6-16(29)7-10-18/h2-12,21-22,24H,13H2,1H3,(H,31,35)/t21-,22-,24+/m0/s1. The molecular formula is C28H20Br2N2O4S2. The molecule has 2 amide bonds. The van der Waals surface area contributed by atoms with E-state index < -0.39 is 17.1 Å². The molecule has 4 aromatic rings. The van der Waals surface area contributed by atoms with Gasteiger partial charge in [-0.05, 0) is 55.0 Å². The molecule has 2 aliphatic rings. The van der Waals surface area contributed by atoms with Gasteiger partial charge in [-0.15, -0.1) is 0 Å². The molecule has 0 bridgehead atoms. The Balaban J connectivity index is 1.44. The van der Waals surface area contributed by atoms with Gasteiger partial charge in [-0.25, -0.2) is 4.90 Å². The molecule has 0 saturated carbocycles. The summed E-state index contributed by atoms with van der Waals surface area (Å²) in [6.45, 7) is 2.38. The van der Waals surface area contributed by atoms with E-state index in [1.807, 2.05) is 61.5 Å². The Kier molecular flexibility index (Phi) is 6.84. The molecule has 1 saturated heterocycles. The van der Waals surface area contributed by atoms with E-state index in [0.29, 0.717) is 23.1 Å².